The molecule has 0 spiro atoms. The van der Waals surface area contributed by atoms with Gasteiger partial charge in [-0.3, -0.25) is 9.59 Å². The lowest BCUT2D eigenvalue weighted by Crippen LogP contribution is -2.32. The van der Waals surface area contributed by atoms with E-state index in [1.807, 2.05) is 0 Å². The van der Waals surface area contributed by atoms with Crippen LogP contribution in [0, 0.1) is 5.82 Å². The fourth-order valence-corrected chi connectivity index (χ4v) is 1.98. The molecular formula is C11H7BrFNO4. The van der Waals surface area contributed by atoms with E-state index in [0.717, 1.165) is 6.07 Å². The van der Waals surface area contributed by atoms with E-state index in [1.165, 1.54) is 12.1 Å². The van der Waals surface area contributed by atoms with E-state index in [1.54, 1.807) is 0 Å². The molecule has 18 heavy (non-hydrogen) atoms. The highest BCUT2D eigenvalue weighted by Crippen LogP contribution is 2.22. The molecule has 0 bridgehead atoms. The van der Waals surface area contributed by atoms with Gasteiger partial charge in [-0.25, -0.2) is 9.18 Å². The Morgan fingerprint density at radius 3 is 2.44 bits per heavy atom. The SMILES string of the molecule is O=C(ON1C(=O)CCC1=O)c1c(F)cccc1Br. The van der Waals surface area contributed by atoms with Crippen molar-refractivity contribution in [2.24, 2.45) is 0 Å². The second-order valence-electron chi connectivity index (χ2n) is 3.56. The molecule has 1 aromatic rings. The summed E-state index contributed by atoms with van der Waals surface area (Å²) in [5.41, 5.74) is -0.356. The van der Waals surface area contributed by atoms with Gasteiger partial charge in [0.2, 0.25) is 0 Å². The Bertz CT molecular complexity index is 510. The first kappa shape index (κ1) is 12.7. The third-order valence-electron chi connectivity index (χ3n) is 2.35. The summed E-state index contributed by atoms with van der Waals surface area (Å²) < 4.78 is 13.6. The Morgan fingerprint density at radius 1 is 1.28 bits per heavy atom. The molecule has 5 nitrogen and oxygen atoms in total. The molecule has 1 aromatic carbocycles. The van der Waals surface area contributed by atoms with Gasteiger partial charge in [-0.2, -0.15) is 0 Å². The number of carbonyl (C=O) groups is 3. The minimum atomic E-state index is -1.09. The Morgan fingerprint density at radius 2 is 1.89 bits per heavy atom. The van der Waals surface area contributed by atoms with Crippen LogP contribution in [-0.4, -0.2) is 22.8 Å². The Kier molecular flexibility index (Phi) is 3.42. The molecule has 2 amide bonds. The molecule has 1 aliphatic heterocycles. The number of rotatable bonds is 2. The van der Waals surface area contributed by atoms with Crippen LogP contribution in [0.3, 0.4) is 0 Å². The molecule has 0 aromatic heterocycles. The quantitative estimate of drug-likeness (QED) is 0.781. The molecule has 1 saturated heterocycles. The van der Waals surface area contributed by atoms with Crippen molar-refractivity contribution in [1.82, 2.24) is 5.06 Å². The minimum Gasteiger partial charge on any atom is -0.325 e. The number of amides is 2. The molecule has 1 heterocycles. The fraction of sp³-hybridized carbons (Fsp3) is 0.182. The Labute approximate surface area is 110 Å². The normalized spacial score (nSPS) is 15.1. The van der Waals surface area contributed by atoms with E-state index < -0.39 is 23.6 Å². The molecular weight excluding hydrogens is 309 g/mol. The predicted molar refractivity (Wildman–Crippen MR) is 60.6 cm³/mol. The predicted octanol–water partition coefficient (Wildman–Crippen LogP) is 1.81. The van der Waals surface area contributed by atoms with Gasteiger partial charge >= 0.3 is 5.97 Å². The molecule has 0 atom stereocenters. The highest BCUT2D eigenvalue weighted by molar-refractivity contribution is 9.10. The van der Waals surface area contributed by atoms with Crippen LogP contribution >= 0.6 is 15.9 Å². The van der Waals surface area contributed by atoms with Gasteiger partial charge in [0.1, 0.15) is 11.4 Å². The van der Waals surface area contributed by atoms with Crippen molar-refractivity contribution in [3.05, 3.63) is 34.1 Å². The average Bonchev–Trinajstić information content (AvgIpc) is 2.60. The number of carbonyl (C=O) groups excluding carboxylic acids is 3. The lowest BCUT2D eigenvalue weighted by molar-refractivity contribution is -0.172. The summed E-state index contributed by atoms with van der Waals surface area (Å²) in [6.45, 7) is 0. The van der Waals surface area contributed by atoms with Gasteiger partial charge in [-0.1, -0.05) is 6.07 Å². The van der Waals surface area contributed by atoms with Crippen LogP contribution in [0.4, 0.5) is 4.39 Å². The molecule has 0 aliphatic carbocycles. The van der Waals surface area contributed by atoms with Crippen LogP contribution in [0.2, 0.25) is 0 Å². The second kappa shape index (κ2) is 4.85. The first-order valence-electron chi connectivity index (χ1n) is 5.03. The van der Waals surface area contributed by atoms with Gasteiger partial charge in [0.05, 0.1) is 0 Å². The highest BCUT2D eigenvalue weighted by atomic mass is 79.9. The first-order chi connectivity index (χ1) is 8.50. The number of imide groups is 1. The van der Waals surface area contributed by atoms with E-state index in [4.69, 9.17) is 0 Å². The van der Waals surface area contributed by atoms with E-state index in [9.17, 15) is 18.8 Å². The number of halogens is 2. The van der Waals surface area contributed by atoms with Crippen LogP contribution in [0.1, 0.15) is 23.2 Å². The number of hydrogen-bond donors (Lipinski definition) is 0. The summed E-state index contributed by atoms with van der Waals surface area (Å²) in [5, 5.41) is 0.376. The van der Waals surface area contributed by atoms with Gasteiger partial charge in [0.25, 0.3) is 11.8 Å². The molecule has 94 valence electrons. The molecule has 7 heteroatoms. The van der Waals surface area contributed by atoms with Crippen LogP contribution in [0.15, 0.2) is 22.7 Å². The molecule has 1 aliphatic rings. The summed E-state index contributed by atoms with van der Waals surface area (Å²) in [5.74, 6) is -3.11. The van der Waals surface area contributed by atoms with E-state index in [-0.39, 0.29) is 22.9 Å². The number of nitrogens with zero attached hydrogens (tertiary/aromatic N) is 1. The zero-order chi connectivity index (χ0) is 13.3. The minimum absolute atomic E-state index is 0.00937. The monoisotopic (exact) mass is 315 g/mol. The van der Waals surface area contributed by atoms with Crippen molar-refractivity contribution in [3.63, 3.8) is 0 Å². The summed E-state index contributed by atoms with van der Waals surface area (Å²) >= 11 is 3.00. The van der Waals surface area contributed by atoms with E-state index in [2.05, 4.69) is 20.8 Å². The van der Waals surface area contributed by atoms with Crippen LogP contribution < -0.4 is 0 Å². The van der Waals surface area contributed by atoms with Gasteiger partial charge in [-0.05, 0) is 28.1 Å². The Balaban J connectivity index is 2.23. The summed E-state index contributed by atoms with van der Waals surface area (Å²) in [7, 11) is 0. The van der Waals surface area contributed by atoms with Crippen LogP contribution in [0.5, 0.6) is 0 Å². The maximum atomic E-state index is 13.4. The molecule has 1 fully saturated rings. The smallest absolute Gasteiger partial charge is 0.325 e. The van der Waals surface area contributed by atoms with Crippen molar-refractivity contribution in [1.29, 1.82) is 0 Å². The van der Waals surface area contributed by atoms with Crippen LogP contribution in [0.25, 0.3) is 0 Å². The third kappa shape index (κ3) is 2.26. The lowest BCUT2D eigenvalue weighted by Gasteiger charge is -2.13. The molecule has 2 rings (SSSR count). The zero-order valence-electron chi connectivity index (χ0n) is 8.98. The molecule has 0 radical (unpaired) electrons. The summed E-state index contributed by atoms with van der Waals surface area (Å²) in [6.07, 6.45) is -0.0187. The van der Waals surface area contributed by atoms with Gasteiger partial charge in [0.15, 0.2) is 0 Å². The largest absolute Gasteiger partial charge is 0.368 e. The van der Waals surface area contributed by atoms with Gasteiger partial charge in [0, 0.05) is 17.3 Å². The number of hydrogen-bond acceptors (Lipinski definition) is 4. The van der Waals surface area contributed by atoms with Crippen molar-refractivity contribution >= 4 is 33.7 Å². The van der Waals surface area contributed by atoms with Crippen molar-refractivity contribution in [3.8, 4) is 0 Å². The van der Waals surface area contributed by atoms with Crippen molar-refractivity contribution in [2.75, 3.05) is 0 Å². The highest BCUT2D eigenvalue weighted by Gasteiger charge is 2.34. The van der Waals surface area contributed by atoms with E-state index >= 15 is 0 Å². The Hall–Kier alpha value is -1.76. The maximum Gasteiger partial charge on any atom is 0.368 e. The molecule has 0 saturated carbocycles. The van der Waals surface area contributed by atoms with Gasteiger partial charge < -0.3 is 4.84 Å². The van der Waals surface area contributed by atoms with Crippen molar-refractivity contribution < 1.29 is 23.6 Å². The lowest BCUT2D eigenvalue weighted by atomic mass is 10.2. The third-order valence-corrected chi connectivity index (χ3v) is 3.01. The second-order valence-corrected chi connectivity index (χ2v) is 4.41. The van der Waals surface area contributed by atoms with Crippen LogP contribution in [-0.2, 0) is 14.4 Å². The molecule has 0 N–H and O–H groups in total. The fourth-order valence-electron chi connectivity index (χ4n) is 1.48. The van der Waals surface area contributed by atoms with E-state index in [0.29, 0.717) is 5.06 Å². The molecule has 0 unspecified atom stereocenters. The number of benzene rings is 1. The topological polar surface area (TPSA) is 63.7 Å². The standard InChI is InChI=1S/C11H7BrFNO4/c12-6-2-1-3-7(13)10(6)11(17)18-14-8(15)4-5-9(14)16/h1-3H,4-5H2. The first-order valence-corrected chi connectivity index (χ1v) is 5.82. The zero-order valence-corrected chi connectivity index (χ0v) is 10.6. The van der Waals surface area contributed by atoms with Crippen molar-refractivity contribution in [2.45, 2.75) is 12.8 Å². The summed E-state index contributed by atoms with van der Waals surface area (Å²) in [6, 6.07) is 3.94. The van der Waals surface area contributed by atoms with Gasteiger partial charge in [-0.15, -0.1) is 5.06 Å². The average molecular weight is 316 g/mol. The number of hydroxylamine groups is 2. The maximum absolute atomic E-state index is 13.4. The summed E-state index contributed by atoms with van der Waals surface area (Å²) in [4.78, 5) is 38.8.